The minimum atomic E-state index is 0.0343. The Balaban J connectivity index is 2.10. The van der Waals surface area contributed by atoms with Crippen LogP contribution in [0.1, 0.15) is 12.0 Å². The van der Waals surface area contributed by atoms with Crippen molar-refractivity contribution in [3.05, 3.63) is 48.2 Å². The molecule has 1 N–H and O–H groups in total. The SMILES string of the molecule is Cc1cnc2c(c1)NC(=O)CCN2c1ccccc1. The van der Waals surface area contributed by atoms with Crippen molar-refractivity contribution in [2.75, 3.05) is 16.8 Å². The zero-order chi connectivity index (χ0) is 13.2. The van der Waals surface area contributed by atoms with Crippen LogP contribution in [0.2, 0.25) is 0 Å². The number of para-hydroxylation sites is 1. The van der Waals surface area contributed by atoms with E-state index in [1.165, 1.54) is 0 Å². The number of hydrogen-bond donors (Lipinski definition) is 1. The van der Waals surface area contributed by atoms with Gasteiger partial charge < -0.3 is 10.2 Å². The van der Waals surface area contributed by atoms with Crippen LogP contribution >= 0.6 is 0 Å². The van der Waals surface area contributed by atoms with Gasteiger partial charge in [-0.25, -0.2) is 4.98 Å². The second kappa shape index (κ2) is 4.72. The monoisotopic (exact) mass is 253 g/mol. The van der Waals surface area contributed by atoms with Gasteiger partial charge >= 0.3 is 0 Å². The van der Waals surface area contributed by atoms with Crippen molar-refractivity contribution >= 4 is 23.1 Å². The number of amides is 1. The molecule has 4 heteroatoms. The van der Waals surface area contributed by atoms with Gasteiger partial charge in [-0.05, 0) is 30.7 Å². The fourth-order valence-electron chi connectivity index (χ4n) is 2.26. The number of aryl methyl sites for hydroxylation is 1. The average Bonchev–Trinajstić information content (AvgIpc) is 2.57. The highest BCUT2D eigenvalue weighted by Crippen LogP contribution is 2.32. The van der Waals surface area contributed by atoms with Gasteiger partial charge in [-0.2, -0.15) is 0 Å². The summed E-state index contributed by atoms with van der Waals surface area (Å²) in [4.78, 5) is 18.3. The third-order valence-electron chi connectivity index (χ3n) is 3.16. The van der Waals surface area contributed by atoms with Gasteiger partial charge in [0.1, 0.15) is 0 Å². The minimum absolute atomic E-state index is 0.0343. The van der Waals surface area contributed by atoms with E-state index in [-0.39, 0.29) is 5.91 Å². The minimum Gasteiger partial charge on any atom is -0.324 e. The summed E-state index contributed by atoms with van der Waals surface area (Å²) < 4.78 is 0. The topological polar surface area (TPSA) is 45.2 Å². The molecule has 0 aliphatic carbocycles. The molecule has 1 aromatic heterocycles. The molecule has 1 amide bonds. The first-order chi connectivity index (χ1) is 9.24. The molecule has 96 valence electrons. The molecule has 0 saturated heterocycles. The van der Waals surface area contributed by atoms with Gasteiger partial charge in [0, 0.05) is 24.8 Å². The molecular formula is C15H15N3O. The number of rotatable bonds is 1. The maximum absolute atomic E-state index is 11.8. The van der Waals surface area contributed by atoms with E-state index in [0.29, 0.717) is 13.0 Å². The van der Waals surface area contributed by atoms with Crippen molar-refractivity contribution in [3.8, 4) is 0 Å². The number of aromatic nitrogens is 1. The first-order valence-electron chi connectivity index (χ1n) is 6.33. The van der Waals surface area contributed by atoms with E-state index in [4.69, 9.17) is 0 Å². The van der Waals surface area contributed by atoms with E-state index in [9.17, 15) is 4.79 Å². The van der Waals surface area contributed by atoms with Crippen LogP contribution in [0, 0.1) is 6.92 Å². The Morgan fingerprint density at radius 2 is 2.05 bits per heavy atom. The number of nitrogens with zero attached hydrogens (tertiary/aromatic N) is 2. The van der Waals surface area contributed by atoms with Crippen LogP contribution in [0.15, 0.2) is 42.6 Å². The summed E-state index contributed by atoms with van der Waals surface area (Å²) in [6.45, 7) is 2.61. The van der Waals surface area contributed by atoms with E-state index < -0.39 is 0 Å². The van der Waals surface area contributed by atoms with E-state index >= 15 is 0 Å². The normalized spacial score (nSPS) is 14.6. The molecule has 3 rings (SSSR count). The highest BCUT2D eigenvalue weighted by Gasteiger charge is 2.21. The molecule has 0 unspecified atom stereocenters. The van der Waals surface area contributed by atoms with E-state index in [1.54, 1.807) is 0 Å². The van der Waals surface area contributed by atoms with Gasteiger partial charge in [0.2, 0.25) is 5.91 Å². The number of benzene rings is 1. The van der Waals surface area contributed by atoms with E-state index in [2.05, 4.69) is 15.2 Å². The summed E-state index contributed by atoms with van der Waals surface area (Å²) in [6.07, 6.45) is 2.29. The van der Waals surface area contributed by atoms with Crippen LogP contribution in [-0.4, -0.2) is 17.4 Å². The Labute approximate surface area is 112 Å². The van der Waals surface area contributed by atoms with Gasteiger partial charge in [-0.15, -0.1) is 0 Å². The smallest absolute Gasteiger partial charge is 0.226 e. The summed E-state index contributed by atoms with van der Waals surface area (Å²) in [7, 11) is 0. The second-order valence-electron chi connectivity index (χ2n) is 4.67. The van der Waals surface area contributed by atoms with Crippen molar-refractivity contribution in [3.63, 3.8) is 0 Å². The van der Waals surface area contributed by atoms with Crippen LogP contribution in [-0.2, 0) is 4.79 Å². The van der Waals surface area contributed by atoms with Gasteiger partial charge in [-0.1, -0.05) is 18.2 Å². The lowest BCUT2D eigenvalue weighted by molar-refractivity contribution is -0.115. The van der Waals surface area contributed by atoms with Gasteiger partial charge in [0.15, 0.2) is 5.82 Å². The number of hydrogen-bond acceptors (Lipinski definition) is 3. The summed E-state index contributed by atoms with van der Waals surface area (Å²) in [5.41, 5.74) is 2.87. The van der Waals surface area contributed by atoms with Crippen LogP contribution in [0.25, 0.3) is 0 Å². The number of nitrogens with one attached hydrogen (secondary N) is 1. The molecule has 0 saturated carbocycles. The lowest BCUT2D eigenvalue weighted by atomic mass is 10.2. The van der Waals surface area contributed by atoms with Crippen LogP contribution < -0.4 is 10.2 Å². The first-order valence-corrected chi connectivity index (χ1v) is 6.33. The Kier molecular flexibility index (Phi) is 2.91. The van der Waals surface area contributed by atoms with Crippen molar-refractivity contribution in [2.45, 2.75) is 13.3 Å². The second-order valence-corrected chi connectivity index (χ2v) is 4.67. The van der Waals surface area contributed by atoms with Crippen LogP contribution in [0.4, 0.5) is 17.2 Å². The number of anilines is 3. The fourth-order valence-corrected chi connectivity index (χ4v) is 2.26. The molecule has 2 aromatic rings. The lowest BCUT2D eigenvalue weighted by Crippen LogP contribution is -2.19. The third-order valence-corrected chi connectivity index (χ3v) is 3.16. The standard InChI is InChI=1S/C15H15N3O/c1-11-9-13-15(16-10-11)18(8-7-14(19)17-13)12-5-3-2-4-6-12/h2-6,9-10H,7-8H2,1H3,(H,17,19). The maximum Gasteiger partial charge on any atom is 0.226 e. The molecule has 19 heavy (non-hydrogen) atoms. The maximum atomic E-state index is 11.8. The fraction of sp³-hybridized carbons (Fsp3) is 0.200. The van der Waals surface area contributed by atoms with Crippen LogP contribution in [0.5, 0.6) is 0 Å². The predicted octanol–water partition coefficient (Wildman–Crippen LogP) is 2.87. The van der Waals surface area contributed by atoms with Crippen LogP contribution in [0.3, 0.4) is 0 Å². The summed E-state index contributed by atoms with van der Waals surface area (Å²) >= 11 is 0. The molecule has 0 radical (unpaired) electrons. The van der Waals surface area contributed by atoms with Gasteiger partial charge in [-0.3, -0.25) is 4.79 Å². The Morgan fingerprint density at radius 3 is 2.84 bits per heavy atom. The third kappa shape index (κ3) is 2.29. The molecule has 1 aliphatic rings. The first kappa shape index (κ1) is 11.7. The van der Waals surface area contributed by atoms with Crippen molar-refractivity contribution in [1.29, 1.82) is 0 Å². The molecule has 0 fully saturated rings. The molecule has 0 bridgehead atoms. The average molecular weight is 253 g/mol. The number of carbonyl (C=O) groups excluding carboxylic acids is 1. The summed E-state index contributed by atoms with van der Waals surface area (Å²) in [5, 5.41) is 2.92. The number of pyridine rings is 1. The Morgan fingerprint density at radius 1 is 1.26 bits per heavy atom. The summed E-state index contributed by atoms with van der Waals surface area (Å²) in [6, 6.07) is 12.0. The zero-order valence-electron chi connectivity index (χ0n) is 10.8. The highest BCUT2D eigenvalue weighted by atomic mass is 16.1. The van der Waals surface area contributed by atoms with Crippen molar-refractivity contribution in [1.82, 2.24) is 4.98 Å². The predicted molar refractivity (Wildman–Crippen MR) is 75.7 cm³/mol. The largest absolute Gasteiger partial charge is 0.324 e. The molecule has 0 atom stereocenters. The molecule has 4 nitrogen and oxygen atoms in total. The molecular weight excluding hydrogens is 238 g/mol. The highest BCUT2D eigenvalue weighted by molar-refractivity contribution is 5.96. The quantitative estimate of drug-likeness (QED) is 0.850. The Bertz CT molecular complexity index is 610. The van der Waals surface area contributed by atoms with E-state index in [1.807, 2.05) is 49.5 Å². The lowest BCUT2D eigenvalue weighted by Gasteiger charge is -2.23. The number of fused-ring (bicyclic) bond motifs is 1. The molecule has 0 spiro atoms. The summed E-state index contributed by atoms with van der Waals surface area (Å²) in [5.74, 6) is 0.842. The van der Waals surface area contributed by atoms with Crippen molar-refractivity contribution in [2.24, 2.45) is 0 Å². The van der Waals surface area contributed by atoms with Crippen molar-refractivity contribution < 1.29 is 4.79 Å². The zero-order valence-corrected chi connectivity index (χ0v) is 10.8. The molecule has 2 heterocycles. The van der Waals surface area contributed by atoms with Gasteiger partial charge in [0.25, 0.3) is 0 Å². The van der Waals surface area contributed by atoms with E-state index in [0.717, 1.165) is 22.8 Å². The number of carbonyl (C=O) groups is 1. The van der Waals surface area contributed by atoms with Gasteiger partial charge in [0.05, 0.1) is 5.69 Å². The molecule has 1 aliphatic heterocycles. The molecule has 1 aromatic carbocycles. The Hall–Kier alpha value is -2.36.